The number of alkyl halides is 2. The number of nitrogens with zero attached hydrogens (tertiary/aromatic N) is 5. The summed E-state index contributed by atoms with van der Waals surface area (Å²) in [5, 5.41) is 22.1. The summed E-state index contributed by atoms with van der Waals surface area (Å²) in [4.78, 5) is 43.9. The highest BCUT2D eigenvalue weighted by Gasteiger charge is 2.62. The molecule has 7 rings (SSSR count). The van der Waals surface area contributed by atoms with E-state index in [1.54, 1.807) is 47.2 Å². The zero-order valence-electron chi connectivity index (χ0n) is 30.6. The van der Waals surface area contributed by atoms with Crippen LogP contribution >= 0.6 is 0 Å². The Labute approximate surface area is 319 Å². The molecule has 3 fully saturated rings. The predicted molar refractivity (Wildman–Crippen MR) is 199 cm³/mol. The summed E-state index contributed by atoms with van der Waals surface area (Å²) >= 11 is 0. The number of amides is 3. The number of hydrogen-bond donors (Lipinski definition) is 5. The quantitative estimate of drug-likeness (QED) is 0.0972. The molecule has 294 valence electrons. The van der Waals surface area contributed by atoms with Crippen LogP contribution in [-0.4, -0.2) is 89.6 Å². The molecule has 0 aliphatic carbocycles. The number of likely N-dealkylation sites (tertiary alicyclic amines) is 1. The number of anilines is 6. The average Bonchev–Trinajstić information content (AvgIpc) is 3.13. The van der Waals surface area contributed by atoms with Crippen LogP contribution in [0.25, 0.3) is 0 Å². The van der Waals surface area contributed by atoms with Crippen LogP contribution in [-0.2, 0) is 16.1 Å². The van der Waals surface area contributed by atoms with Gasteiger partial charge in [0.05, 0.1) is 36.1 Å². The lowest BCUT2D eigenvalue weighted by Crippen LogP contribution is -2.70. The molecule has 3 aliphatic rings. The highest BCUT2D eigenvalue weighted by Crippen LogP contribution is 2.51. The van der Waals surface area contributed by atoms with Crippen molar-refractivity contribution < 1.29 is 36.7 Å². The fourth-order valence-corrected chi connectivity index (χ4v) is 7.25. The molecule has 1 spiro atoms. The smallest absolute Gasteiger partial charge is 0.273 e. The molecular weight excluding hydrogens is 736 g/mol. The molecule has 18 heteroatoms. The van der Waals surface area contributed by atoms with Gasteiger partial charge in [-0.15, -0.1) is 10.2 Å². The number of rotatable bonds is 12. The second-order valence-electron chi connectivity index (χ2n) is 14.1. The van der Waals surface area contributed by atoms with Gasteiger partial charge in [0.15, 0.2) is 23.1 Å². The second kappa shape index (κ2) is 15.6. The summed E-state index contributed by atoms with van der Waals surface area (Å²) in [6.45, 7) is 2.31. The molecule has 3 amide bonds. The number of carbonyl (C=O) groups excluding carboxylic acids is 3. The van der Waals surface area contributed by atoms with Crippen LogP contribution in [0.3, 0.4) is 0 Å². The number of carbonyl (C=O) groups is 3. The van der Waals surface area contributed by atoms with E-state index < -0.39 is 47.4 Å². The monoisotopic (exact) mass is 776 g/mol. The van der Waals surface area contributed by atoms with Gasteiger partial charge < -0.3 is 30.9 Å². The minimum absolute atomic E-state index is 0.00671. The van der Waals surface area contributed by atoms with E-state index in [9.17, 15) is 18.8 Å². The number of ether oxygens (including phenoxy) is 1. The standard InChI is InChI=1S/C38H40F4N10O4/c1-3-43-36(55)33-28(46-26-6-4-5-24(39)34(26)56-2)16-31(49-50-33)47-30-11-7-22(17-44-30)18-51-14-13-37(38(41,42)21-51)19-52(20-37)29-10-8-23(15-25(29)40)45-27-9-12-32(53)48-35(27)54/h4-8,10-11,15-17,27,45H,3,9,12-14,18-21H2,1-2H3,(H,43,55)(H,48,53,54)(H2,44,46,47,49). The van der Waals surface area contributed by atoms with Gasteiger partial charge in [0.25, 0.3) is 11.8 Å². The van der Waals surface area contributed by atoms with Crippen molar-refractivity contribution in [3.63, 3.8) is 0 Å². The topological polar surface area (TPSA) is 166 Å². The van der Waals surface area contributed by atoms with Crippen molar-refractivity contribution in [2.75, 3.05) is 60.7 Å². The van der Waals surface area contributed by atoms with E-state index in [2.05, 4.69) is 41.8 Å². The summed E-state index contributed by atoms with van der Waals surface area (Å²) in [6.07, 6.45) is 2.27. The number of hydrogen-bond acceptors (Lipinski definition) is 12. The van der Waals surface area contributed by atoms with Gasteiger partial charge in [0, 0.05) is 50.6 Å². The van der Waals surface area contributed by atoms with Crippen molar-refractivity contribution in [2.45, 2.75) is 44.7 Å². The van der Waals surface area contributed by atoms with Gasteiger partial charge in [-0.3, -0.25) is 24.6 Å². The molecule has 5 heterocycles. The number of para-hydroxylation sites is 1. The molecule has 0 bridgehead atoms. The number of imide groups is 1. The van der Waals surface area contributed by atoms with Crippen LogP contribution < -0.4 is 36.2 Å². The molecule has 2 aromatic carbocycles. The first-order valence-corrected chi connectivity index (χ1v) is 18.1. The van der Waals surface area contributed by atoms with Crippen molar-refractivity contribution in [3.8, 4) is 5.75 Å². The summed E-state index contributed by atoms with van der Waals surface area (Å²) in [6, 6.07) is 13.0. The Bertz CT molecular complexity index is 2130. The zero-order chi connectivity index (χ0) is 39.6. The lowest BCUT2D eigenvalue weighted by atomic mass is 9.69. The lowest BCUT2D eigenvalue weighted by Gasteiger charge is -2.58. The molecule has 14 nitrogen and oxygen atoms in total. The molecule has 1 unspecified atom stereocenters. The van der Waals surface area contributed by atoms with Crippen LogP contribution in [0.15, 0.2) is 60.8 Å². The van der Waals surface area contributed by atoms with Crippen LogP contribution in [0, 0.1) is 17.0 Å². The fraction of sp³-hybridized carbons (Fsp3) is 0.368. The van der Waals surface area contributed by atoms with Crippen molar-refractivity contribution in [1.29, 1.82) is 0 Å². The molecule has 3 aliphatic heterocycles. The highest BCUT2D eigenvalue weighted by atomic mass is 19.3. The van der Waals surface area contributed by atoms with E-state index in [4.69, 9.17) is 4.74 Å². The Morgan fingerprint density at radius 2 is 1.80 bits per heavy atom. The Morgan fingerprint density at radius 3 is 2.50 bits per heavy atom. The van der Waals surface area contributed by atoms with E-state index in [0.717, 1.165) is 0 Å². The van der Waals surface area contributed by atoms with E-state index >= 15 is 13.2 Å². The minimum atomic E-state index is -3.03. The molecule has 4 aromatic rings. The van der Waals surface area contributed by atoms with E-state index in [1.807, 2.05) is 0 Å². The second-order valence-corrected chi connectivity index (χ2v) is 14.1. The number of pyridine rings is 1. The third-order valence-corrected chi connectivity index (χ3v) is 10.2. The Balaban J connectivity index is 0.951. The van der Waals surface area contributed by atoms with Gasteiger partial charge in [-0.2, -0.15) is 0 Å². The Kier molecular flexibility index (Phi) is 10.7. The van der Waals surface area contributed by atoms with Crippen LogP contribution in [0.1, 0.15) is 42.2 Å². The molecule has 5 N–H and O–H groups in total. The largest absolute Gasteiger partial charge is 0.492 e. The molecule has 0 radical (unpaired) electrons. The summed E-state index contributed by atoms with van der Waals surface area (Å²) in [5.74, 6) is -4.96. The number of benzene rings is 2. The first-order chi connectivity index (χ1) is 26.9. The summed E-state index contributed by atoms with van der Waals surface area (Å²) < 4.78 is 66.3. The number of nitrogens with one attached hydrogen (secondary N) is 5. The first kappa shape index (κ1) is 38.2. The van der Waals surface area contributed by atoms with Gasteiger partial charge in [-0.1, -0.05) is 12.1 Å². The Hall–Kier alpha value is -6.04. The first-order valence-electron chi connectivity index (χ1n) is 18.1. The fourth-order valence-electron chi connectivity index (χ4n) is 7.25. The van der Waals surface area contributed by atoms with Gasteiger partial charge in [-0.05, 0) is 68.3 Å². The summed E-state index contributed by atoms with van der Waals surface area (Å²) in [7, 11) is 1.33. The van der Waals surface area contributed by atoms with Gasteiger partial charge >= 0.3 is 0 Å². The molecular formula is C38H40F4N10O4. The third kappa shape index (κ3) is 7.87. The van der Waals surface area contributed by atoms with Crippen LogP contribution in [0.2, 0.25) is 0 Å². The van der Waals surface area contributed by atoms with Crippen molar-refractivity contribution in [3.05, 3.63) is 83.7 Å². The Morgan fingerprint density at radius 1 is 0.982 bits per heavy atom. The molecule has 1 atom stereocenters. The maximum atomic E-state index is 15.8. The number of aromatic nitrogens is 3. The van der Waals surface area contributed by atoms with Crippen molar-refractivity contribution in [2.24, 2.45) is 5.41 Å². The van der Waals surface area contributed by atoms with Crippen molar-refractivity contribution >= 4 is 52.1 Å². The number of halogens is 4. The number of methoxy groups -OCH3 is 1. The minimum Gasteiger partial charge on any atom is -0.492 e. The van der Waals surface area contributed by atoms with Gasteiger partial charge in [0.2, 0.25) is 11.8 Å². The summed E-state index contributed by atoms with van der Waals surface area (Å²) in [5.41, 5.74) is 0.477. The van der Waals surface area contributed by atoms with E-state index in [-0.39, 0.29) is 79.1 Å². The van der Waals surface area contributed by atoms with Gasteiger partial charge in [-0.25, -0.2) is 22.5 Å². The zero-order valence-corrected chi connectivity index (χ0v) is 30.6. The highest BCUT2D eigenvalue weighted by molar-refractivity contribution is 6.01. The average molecular weight is 777 g/mol. The number of piperidine rings is 2. The van der Waals surface area contributed by atoms with Crippen molar-refractivity contribution in [1.82, 2.24) is 30.7 Å². The molecule has 56 heavy (non-hydrogen) atoms. The third-order valence-electron chi connectivity index (χ3n) is 10.2. The normalized spacial score (nSPS) is 18.8. The van der Waals surface area contributed by atoms with Gasteiger partial charge in [0.1, 0.15) is 17.7 Å². The lowest BCUT2D eigenvalue weighted by molar-refractivity contribution is -0.181. The maximum absolute atomic E-state index is 15.8. The SMILES string of the molecule is CCNC(=O)c1nnc(Nc2ccc(CN3CCC4(CN(c5ccc(NC6CCC(=O)NC6=O)cc5F)C4)C(F)(F)C3)cn2)cc1Nc1cccc(F)c1OC. The maximum Gasteiger partial charge on any atom is 0.273 e. The molecule has 0 saturated carbocycles. The molecule has 2 aromatic heterocycles. The molecule has 3 saturated heterocycles. The predicted octanol–water partition coefficient (Wildman–Crippen LogP) is 4.96. The van der Waals surface area contributed by atoms with Crippen LogP contribution in [0.5, 0.6) is 5.75 Å². The van der Waals surface area contributed by atoms with E-state index in [1.165, 1.54) is 37.4 Å². The van der Waals surface area contributed by atoms with E-state index in [0.29, 0.717) is 30.2 Å². The van der Waals surface area contributed by atoms with Crippen LogP contribution in [0.4, 0.5) is 51.9 Å².